The van der Waals surface area contributed by atoms with Gasteiger partial charge < -0.3 is 0 Å². The van der Waals surface area contributed by atoms with E-state index >= 15 is 0 Å². The van der Waals surface area contributed by atoms with Crippen LogP contribution in [0.15, 0.2) is 12.4 Å². The lowest BCUT2D eigenvalue weighted by Gasteiger charge is -2.07. The zero-order valence-electron chi connectivity index (χ0n) is 8.51. The molecule has 6 heteroatoms. The predicted octanol–water partition coefficient (Wildman–Crippen LogP) is 1.47. The number of ketones is 1. The van der Waals surface area contributed by atoms with E-state index in [2.05, 4.69) is 9.97 Å². The Morgan fingerprint density at radius 1 is 1.53 bits per heavy atom. The molecule has 6 nitrogen and oxygen atoms in total. The van der Waals surface area contributed by atoms with Crippen LogP contribution in [0.25, 0.3) is 0 Å². The zero-order chi connectivity index (χ0) is 11.4. The summed E-state index contributed by atoms with van der Waals surface area (Å²) >= 11 is 0. The van der Waals surface area contributed by atoms with Gasteiger partial charge in [-0.15, -0.1) is 0 Å². The first-order valence-electron chi connectivity index (χ1n) is 4.53. The molecule has 1 aromatic heterocycles. The molecule has 0 saturated heterocycles. The van der Waals surface area contributed by atoms with Gasteiger partial charge in [-0.05, 0) is 13.3 Å². The molecule has 1 atom stereocenters. The highest BCUT2D eigenvalue weighted by atomic mass is 16.6. The average Bonchev–Trinajstić information content (AvgIpc) is 2.19. The Morgan fingerprint density at radius 2 is 2.07 bits per heavy atom. The minimum absolute atomic E-state index is 0.0358. The summed E-state index contributed by atoms with van der Waals surface area (Å²) in [6.45, 7) is 3.30. The smallest absolute Gasteiger partial charge is 0.299 e. The van der Waals surface area contributed by atoms with Crippen molar-refractivity contribution in [2.75, 3.05) is 0 Å². The zero-order valence-corrected chi connectivity index (χ0v) is 8.51. The highest BCUT2D eigenvalue weighted by molar-refractivity contribution is 5.82. The van der Waals surface area contributed by atoms with E-state index in [-0.39, 0.29) is 17.4 Å². The van der Waals surface area contributed by atoms with Gasteiger partial charge >= 0.3 is 5.69 Å². The third kappa shape index (κ3) is 2.55. The van der Waals surface area contributed by atoms with E-state index in [9.17, 15) is 14.9 Å². The summed E-state index contributed by atoms with van der Waals surface area (Å²) in [5.41, 5.74) is -0.169. The fraction of sp³-hybridized carbons (Fsp3) is 0.444. The molecule has 1 unspecified atom stereocenters. The van der Waals surface area contributed by atoms with Crippen molar-refractivity contribution < 1.29 is 9.72 Å². The van der Waals surface area contributed by atoms with Gasteiger partial charge in [0.05, 0.1) is 10.8 Å². The number of aromatic nitrogens is 2. The monoisotopic (exact) mass is 209 g/mol. The molecular formula is C9H11N3O3. The molecule has 1 heterocycles. The third-order valence-electron chi connectivity index (χ3n) is 2.08. The molecule has 0 aromatic carbocycles. The van der Waals surface area contributed by atoms with Crippen molar-refractivity contribution >= 4 is 11.5 Å². The van der Waals surface area contributed by atoms with Crippen LogP contribution in [-0.4, -0.2) is 20.7 Å². The molecular weight excluding hydrogens is 198 g/mol. The van der Waals surface area contributed by atoms with Crippen LogP contribution in [0.1, 0.15) is 32.0 Å². The largest absolute Gasteiger partial charge is 0.305 e. The van der Waals surface area contributed by atoms with Gasteiger partial charge in [-0.25, -0.2) is 9.97 Å². The molecule has 0 saturated carbocycles. The van der Waals surface area contributed by atoms with Crippen LogP contribution in [0.3, 0.4) is 0 Å². The first kappa shape index (κ1) is 11.2. The fourth-order valence-corrected chi connectivity index (χ4v) is 1.26. The fourth-order valence-electron chi connectivity index (χ4n) is 1.26. The maximum Gasteiger partial charge on any atom is 0.305 e. The van der Waals surface area contributed by atoms with Crippen LogP contribution in [0.5, 0.6) is 0 Å². The van der Waals surface area contributed by atoms with Gasteiger partial charge in [0.2, 0.25) is 0 Å². The Kier molecular flexibility index (Phi) is 3.43. The lowest BCUT2D eigenvalue weighted by Crippen LogP contribution is -2.11. The SMILES string of the molecule is CCC(C(C)=O)c1ncc([N+](=O)[O-])cn1. The molecule has 0 N–H and O–H groups in total. The van der Waals surface area contributed by atoms with Crippen molar-refractivity contribution in [2.45, 2.75) is 26.2 Å². The Morgan fingerprint density at radius 3 is 2.40 bits per heavy atom. The van der Waals surface area contributed by atoms with Gasteiger partial charge in [-0.3, -0.25) is 14.9 Å². The van der Waals surface area contributed by atoms with E-state index in [0.717, 1.165) is 12.4 Å². The molecule has 1 aromatic rings. The van der Waals surface area contributed by atoms with E-state index in [1.165, 1.54) is 6.92 Å². The maximum atomic E-state index is 11.2. The number of rotatable bonds is 4. The Hall–Kier alpha value is -1.85. The summed E-state index contributed by atoms with van der Waals surface area (Å²) in [7, 11) is 0. The summed E-state index contributed by atoms with van der Waals surface area (Å²) in [6.07, 6.45) is 2.83. The van der Waals surface area contributed by atoms with Crippen LogP contribution in [0.2, 0.25) is 0 Å². The summed E-state index contributed by atoms with van der Waals surface area (Å²) in [4.78, 5) is 28.6. The Labute approximate surface area is 86.5 Å². The van der Waals surface area contributed by atoms with Gasteiger partial charge in [0, 0.05) is 0 Å². The van der Waals surface area contributed by atoms with Crippen LogP contribution in [0, 0.1) is 10.1 Å². The minimum Gasteiger partial charge on any atom is -0.299 e. The summed E-state index contributed by atoms with van der Waals surface area (Å²) < 4.78 is 0. The Balaban J connectivity index is 2.97. The molecule has 15 heavy (non-hydrogen) atoms. The first-order valence-corrected chi connectivity index (χ1v) is 4.53. The second kappa shape index (κ2) is 4.59. The lowest BCUT2D eigenvalue weighted by atomic mass is 10.0. The molecule has 0 bridgehead atoms. The van der Waals surface area contributed by atoms with Crippen LogP contribution >= 0.6 is 0 Å². The van der Waals surface area contributed by atoms with E-state index in [4.69, 9.17) is 0 Å². The van der Waals surface area contributed by atoms with Crippen LogP contribution in [0.4, 0.5) is 5.69 Å². The summed E-state index contributed by atoms with van der Waals surface area (Å²) in [5.74, 6) is -0.0623. The van der Waals surface area contributed by atoms with Gasteiger partial charge in [0.15, 0.2) is 0 Å². The number of hydrogen-bond donors (Lipinski definition) is 0. The minimum atomic E-state index is -0.571. The topological polar surface area (TPSA) is 86.0 Å². The molecule has 0 aliphatic carbocycles. The summed E-state index contributed by atoms with van der Waals surface area (Å²) in [5, 5.41) is 10.3. The maximum absolute atomic E-state index is 11.2. The lowest BCUT2D eigenvalue weighted by molar-refractivity contribution is -0.385. The second-order valence-corrected chi connectivity index (χ2v) is 3.13. The average molecular weight is 209 g/mol. The standard InChI is InChI=1S/C9H11N3O3/c1-3-8(6(2)13)9-10-4-7(5-11-9)12(14)15/h4-5,8H,3H2,1-2H3. The molecule has 80 valence electrons. The van der Waals surface area contributed by atoms with Crippen molar-refractivity contribution in [1.29, 1.82) is 0 Å². The van der Waals surface area contributed by atoms with Crippen molar-refractivity contribution in [2.24, 2.45) is 0 Å². The van der Waals surface area contributed by atoms with Crippen molar-refractivity contribution in [1.82, 2.24) is 9.97 Å². The number of hydrogen-bond acceptors (Lipinski definition) is 5. The first-order chi connectivity index (χ1) is 7.06. The second-order valence-electron chi connectivity index (χ2n) is 3.13. The predicted molar refractivity (Wildman–Crippen MR) is 52.4 cm³/mol. The number of nitrogens with zero attached hydrogens (tertiary/aromatic N) is 3. The van der Waals surface area contributed by atoms with Gasteiger partial charge in [-0.2, -0.15) is 0 Å². The quantitative estimate of drug-likeness (QED) is 0.553. The highest BCUT2D eigenvalue weighted by Gasteiger charge is 2.18. The van der Waals surface area contributed by atoms with Gasteiger partial charge in [-0.1, -0.05) is 6.92 Å². The highest BCUT2D eigenvalue weighted by Crippen LogP contribution is 2.17. The third-order valence-corrected chi connectivity index (χ3v) is 2.08. The molecule has 0 radical (unpaired) electrons. The van der Waals surface area contributed by atoms with Crippen molar-refractivity contribution in [3.63, 3.8) is 0 Å². The molecule has 0 amide bonds. The van der Waals surface area contributed by atoms with Crippen LogP contribution in [-0.2, 0) is 4.79 Å². The van der Waals surface area contributed by atoms with Crippen molar-refractivity contribution in [3.05, 3.63) is 28.3 Å². The van der Waals surface area contributed by atoms with E-state index in [0.29, 0.717) is 12.2 Å². The van der Waals surface area contributed by atoms with Gasteiger partial charge in [0.25, 0.3) is 0 Å². The number of nitro groups is 1. The molecule has 0 aliphatic heterocycles. The van der Waals surface area contributed by atoms with Crippen LogP contribution < -0.4 is 0 Å². The number of carbonyl (C=O) groups excluding carboxylic acids is 1. The van der Waals surface area contributed by atoms with E-state index in [1.807, 2.05) is 6.92 Å². The van der Waals surface area contributed by atoms with Gasteiger partial charge in [0.1, 0.15) is 24.0 Å². The molecule has 1 rings (SSSR count). The molecule has 0 fully saturated rings. The van der Waals surface area contributed by atoms with E-state index in [1.54, 1.807) is 0 Å². The number of Topliss-reactive ketones (excluding diaryl/α,β-unsaturated/α-hetero) is 1. The van der Waals surface area contributed by atoms with E-state index < -0.39 is 4.92 Å². The number of carbonyl (C=O) groups is 1. The summed E-state index contributed by atoms with van der Waals surface area (Å²) in [6, 6.07) is 0. The molecule has 0 aliphatic rings. The molecule has 0 spiro atoms. The van der Waals surface area contributed by atoms with Crippen molar-refractivity contribution in [3.8, 4) is 0 Å². The normalized spacial score (nSPS) is 12.1. The Bertz CT molecular complexity index is 375.